The van der Waals surface area contributed by atoms with Crippen LogP contribution in [0.3, 0.4) is 0 Å². The summed E-state index contributed by atoms with van der Waals surface area (Å²) in [4.78, 5) is 0.183. The SMILES string of the molecule is Cc1ccc(C#N)cc1S(=O)(=O)N1CCC(C(C)O)C1. The number of aliphatic hydroxyl groups is 1. The van der Waals surface area contributed by atoms with Crippen molar-refractivity contribution < 1.29 is 13.5 Å². The molecule has 1 saturated heterocycles. The standard InChI is InChI=1S/C14H18N2O3S/c1-10-3-4-12(8-15)7-14(10)20(18,19)16-6-5-13(9-16)11(2)17/h3-4,7,11,13,17H,5-6,9H2,1-2H3. The summed E-state index contributed by atoms with van der Waals surface area (Å²) in [6.45, 7) is 4.14. The van der Waals surface area contributed by atoms with Gasteiger partial charge in [0.15, 0.2) is 0 Å². The molecule has 0 radical (unpaired) electrons. The van der Waals surface area contributed by atoms with Crippen LogP contribution >= 0.6 is 0 Å². The highest BCUT2D eigenvalue weighted by Crippen LogP contribution is 2.28. The minimum Gasteiger partial charge on any atom is -0.393 e. The monoisotopic (exact) mass is 294 g/mol. The van der Waals surface area contributed by atoms with Crippen LogP contribution in [0, 0.1) is 24.2 Å². The van der Waals surface area contributed by atoms with Crippen LogP contribution in [-0.2, 0) is 10.0 Å². The van der Waals surface area contributed by atoms with Gasteiger partial charge in [0.2, 0.25) is 10.0 Å². The van der Waals surface area contributed by atoms with Crippen LogP contribution < -0.4 is 0 Å². The summed E-state index contributed by atoms with van der Waals surface area (Å²) in [5, 5.41) is 18.5. The van der Waals surface area contributed by atoms with Crippen molar-refractivity contribution in [3.8, 4) is 6.07 Å². The zero-order chi connectivity index (χ0) is 14.9. The number of nitriles is 1. The van der Waals surface area contributed by atoms with Gasteiger partial charge in [0.1, 0.15) is 0 Å². The minimum atomic E-state index is -3.60. The smallest absolute Gasteiger partial charge is 0.243 e. The van der Waals surface area contributed by atoms with E-state index in [1.807, 2.05) is 6.07 Å². The van der Waals surface area contributed by atoms with Crippen molar-refractivity contribution in [3.05, 3.63) is 29.3 Å². The second-order valence-corrected chi connectivity index (χ2v) is 7.15. The zero-order valence-electron chi connectivity index (χ0n) is 11.6. The highest BCUT2D eigenvalue weighted by Gasteiger charge is 2.35. The second kappa shape index (κ2) is 5.52. The molecule has 0 spiro atoms. The van der Waals surface area contributed by atoms with Crippen molar-refractivity contribution in [2.75, 3.05) is 13.1 Å². The van der Waals surface area contributed by atoms with Crippen LogP contribution in [0.4, 0.5) is 0 Å². The summed E-state index contributed by atoms with van der Waals surface area (Å²) in [7, 11) is -3.60. The normalized spacial score (nSPS) is 21.6. The van der Waals surface area contributed by atoms with E-state index in [-0.39, 0.29) is 10.8 Å². The van der Waals surface area contributed by atoms with Gasteiger partial charge in [0.25, 0.3) is 0 Å². The molecule has 108 valence electrons. The Balaban J connectivity index is 2.35. The van der Waals surface area contributed by atoms with Gasteiger partial charge in [-0.1, -0.05) is 6.07 Å². The number of sulfonamides is 1. The number of aryl methyl sites for hydroxylation is 1. The van der Waals surface area contributed by atoms with Crippen molar-refractivity contribution in [2.24, 2.45) is 5.92 Å². The molecule has 0 bridgehead atoms. The molecule has 1 aliphatic rings. The number of hydrogen-bond acceptors (Lipinski definition) is 4. The van der Waals surface area contributed by atoms with E-state index in [2.05, 4.69) is 0 Å². The Hall–Kier alpha value is -1.42. The molecule has 1 heterocycles. The van der Waals surface area contributed by atoms with Crippen LogP contribution in [0.25, 0.3) is 0 Å². The van der Waals surface area contributed by atoms with E-state index in [4.69, 9.17) is 5.26 Å². The average molecular weight is 294 g/mol. The van der Waals surface area contributed by atoms with Gasteiger partial charge in [-0.3, -0.25) is 0 Å². The number of benzene rings is 1. The first kappa shape index (κ1) is 15.0. The van der Waals surface area contributed by atoms with E-state index < -0.39 is 16.1 Å². The lowest BCUT2D eigenvalue weighted by Gasteiger charge is -2.19. The van der Waals surface area contributed by atoms with Crippen molar-refractivity contribution in [3.63, 3.8) is 0 Å². The summed E-state index contributed by atoms with van der Waals surface area (Å²) in [5.41, 5.74) is 0.963. The molecule has 2 atom stereocenters. The van der Waals surface area contributed by atoms with Crippen LogP contribution in [0.15, 0.2) is 23.1 Å². The van der Waals surface area contributed by atoms with Gasteiger partial charge >= 0.3 is 0 Å². The van der Waals surface area contributed by atoms with Crippen LogP contribution in [0.1, 0.15) is 24.5 Å². The second-order valence-electron chi connectivity index (χ2n) is 5.24. The maximum atomic E-state index is 12.6. The van der Waals surface area contributed by atoms with Crippen LogP contribution in [0.5, 0.6) is 0 Å². The Morgan fingerprint density at radius 2 is 2.20 bits per heavy atom. The van der Waals surface area contributed by atoms with Crippen LogP contribution in [-0.4, -0.2) is 37.0 Å². The molecule has 1 fully saturated rings. The number of hydrogen-bond donors (Lipinski definition) is 1. The van der Waals surface area contributed by atoms with E-state index in [0.29, 0.717) is 30.6 Å². The molecule has 0 amide bonds. The third-order valence-electron chi connectivity index (χ3n) is 3.80. The molecule has 5 nitrogen and oxygen atoms in total. The molecule has 6 heteroatoms. The van der Waals surface area contributed by atoms with Gasteiger partial charge in [-0.15, -0.1) is 0 Å². The zero-order valence-corrected chi connectivity index (χ0v) is 12.4. The van der Waals surface area contributed by atoms with E-state index >= 15 is 0 Å². The quantitative estimate of drug-likeness (QED) is 0.910. The Morgan fingerprint density at radius 3 is 2.75 bits per heavy atom. The molecule has 0 aliphatic carbocycles. The largest absolute Gasteiger partial charge is 0.393 e. The number of aliphatic hydroxyl groups excluding tert-OH is 1. The van der Waals surface area contributed by atoms with E-state index in [1.54, 1.807) is 26.0 Å². The van der Waals surface area contributed by atoms with E-state index in [1.165, 1.54) is 10.4 Å². The number of rotatable bonds is 3. The Bertz CT molecular complexity index is 647. The molecule has 1 N–H and O–H groups in total. The Labute approximate surface area is 119 Å². The van der Waals surface area contributed by atoms with Gasteiger partial charge in [-0.05, 0) is 43.9 Å². The van der Waals surface area contributed by atoms with Crippen LogP contribution in [0.2, 0.25) is 0 Å². The molecule has 2 rings (SSSR count). The van der Waals surface area contributed by atoms with Crippen molar-refractivity contribution >= 4 is 10.0 Å². The van der Waals surface area contributed by atoms with Gasteiger partial charge in [0, 0.05) is 13.1 Å². The van der Waals surface area contributed by atoms with Crippen molar-refractivity contribution in [2.45, 2.75) is 31.3 Å². The fourth-order valence-corrected chi connectivity index (χ4v) is 4.22. The van der Waals surface area contributed by atoms with Gasteiger partial charge in [-0.25, -0.2) is 8.42 Å². The molecule has 0 aromatic heterocycles. The number of nitrogens with zero attached hydrogens (tertiary/aromatic N) is 2. The fraction of sp³-hybridized carbons (Fsp3) is 0.500. The lowest BCUT2D eigenvalue weighted by atomic mass is 10.0. The van der Waals surface area contributed by atoms with Gasteiger partial charge in [-0.2, -0.15) is 9.57 Å². The predicted molar refractivity (Wildman–Crippen MR) is 74.4 cm³/mol. The fourth-order valence-electron chi connectivity index (χ4n) is 2.45. The summed E-state index contributed by atoms with van der Waals surface area (Å²) in [6, 6.07) is 6.63. The third kappa shape index (κ3) is 2.70. The first-order chi connectivity index (χ1) is 9.36. The lowest BCUT2D eigenvalue weighted by Crippen LogP contribution is -2.31. The summed E-state index contributed by atoms with van der Waals surface area (Å²) >= 11 is 0. The molecular weight excluding hydrogens is 276 g/mol. The maximum Gasteiger partial charge on any atom is 0.243 e. The topological polar surface area (TPSA) is 81.4 Å². The molecular formula is C14H18N2O3S. The molecule has 1 aromatic carbocycles. The Morgan fingerprint density at radius 1 is 1.50 bits per heavy atom. The first-order valence-corrected chi connectivity index (χ1v) is 7.99. The van der Waals surface area contributed by atoms with Gasteiger partial charge in [0.05, 0.1) is 22.6 Å². The third-order valence-corrected chi connectivity index (χ3v) is 5.81. The van der Waals surface area contributed by atoms with Crippen molar-refractivity contribution in [1.82, 2.24) is 4.31 Å². The molecule has 1 aliphatic heterocycles. The highest BCUT2D eigenvalue weighted by molar-refractivity contribution is 7.89. The molecule has 20 heavy (non-hydrogen) atoms. The lowest BCUT2D eigenvalue weighted by molar-refractivity contribution is 0.133. The summed E-state index contributed by atoms with van der Waals surface area (Å²) in [6.07, 6.45) is 0.148. The van der Waals surface area contributed by atoms with E-state index in [0.717, 1.165) is 0 Å². The molecule has 1 aromatic rings. The first-order valence-electron chi connectivity index (χ1n) is 6.55. The average Bonchev–Trinajstić information content (AvgIpc) is 2.89. The maximum absolute atomic E-state index is 12.6. The summed E-state index contributed by atoms with van der Waals surface area (Å²) < 4.78 is 26.6. The van der Waals surface area contributed by atoms with Crippen molar-refractivity contribution in [1.29, 1.82) is 5.26 Å². The molecule has 2 unspecified atom stereocenters. The van der Waals surface area contributed by atoms with E-state index in [9.17, 15) is 13.5 Å². The molecule has 0 saturated carbocycles. The predicted octanol–water partition coefficient (Wildman–Crippen LogP) is 1.26. The Kier molecular flexibility index (Phi) is 4.14. The van der Waals surface area contributed by atoms with Gasteiger partial charge < -0.3 is 5.11 Å². The summed E-state index contributed by atoms with van der Waals surface area (Å²) in [5.74, 6) is -0.0239. The highest BCUT2D eigenvalue weighted by atomic mass is 32.2. The minimum absolute atomic E-state index is 0.0239.